The number of anilines is 2. The van der Waals surface area contributed by atoms with Crippen LogP contribution in [0.25, 0.3) is 11.3 Å². The minimum Gasteiger partial charge on any atom is -0.495 e. The van der Waals surface area contributed by atoms with Crippen LogP contribution in [0.3, 0.4) is 0 Å². The molecular formula is C25H24ClN3O6. The van der Waals surface area contributed by atoms with Gasteiger partial charge in [0, 0.05) is 23.6 Å². The van der Waals surface area contributed by atoms with Crippen molar-refractivity contribution >= 4 is 41.0 Å². The quantitative estimate of drug-likeness (QED) is 0.479. The second kappa shape index (κ2) is 10.2. The molecule has 1 aliphatic rings. The monoisotopic (exact) mass is 497 g/mol. The predicted molar refractivity (Wildman–Crippen MR) is 130 cm³/mol. The van der Waals surface area contributed by atoms with Gasteiger partial charge in [0.2, 0.25) is 17.7 Å². The zero-order valence-corrected chi connectivity index (χ0v) is 20.2. The number of hydrogen-bond acceptors (Lipinski definition) is 7. The Balaban J connectivity index is 1.58. The van der Waals surface area contributed by atoms with Crippen LogP contribution >= 0.6 is 11.6 Å². The molecule has 2 heterocycles. The van der Waals surface area contributed by atoms with E-state index in [1.165, 1.54) is 12.0 Å². The van der Waals surface area contributed by atoms with Crippen LogP contribution in [-0.4, -0.2) is 43.2 Å². The summed E-state index contributed by atoms with van der Waals surface area (Å²) in [7, 11) is 1.53. The zero-order valence-electron chi connectivity index (χ0n) is 19.5. The van der Waals surface area contributed by atoms with Gasteiger partial charge in [-0.25, -0.2) is 4.79 Å². The van der Waals surface area contributed by atoms with Crippen molar-refractivity contribution in [2.24, 2.45) is 5.92 Å². The Morgan fingerprint density at radius 3 is 2.66 bits per heavy atom. The Morgan fingerprint density at radius 1 is 1.23 bits per heavy atom. The van der Waals surface area contributed by atoms with Crippen LogP contribution in [-0.2, 0) is 14.3 Å². The smallest absolute Gasteiger partial charge is 0.346 e. The highest BCUT2D eigenvalue weighted by molar-refractivity contribution is 6.30. The minimum absolute atomic E-state index is 0.00412. The van der Waals surface area contributed by atoms with Crippen LogP contribution in [0.2, 0.25) is 5.02 Å². The van der Waals surface area contributed by atoms with Gasteiger partial charge in [0.15, 0.2) is 5.56 Å². The van der Waals surface area contributed by atoms with Crippen molar-refractivity contribution in [2.45, 2.75) is 20.3 Å². The van der Waals surface area contributed by atoms with Gasteiger partial charge in [-0.15, -0.1) is 0 Å². The SMILES string of the molecule is CCOC(=O)c1c(-c2ccc(Cl)cc2)noc1NC(=O)C1CC(=O)N(c2cc(C)ccc2OC)C1. The Morgan fingerprint density at radius 2 is 1.97 bits per heavy atom. The summed E-state index contributed by atoms with van der Waals surface area (Å²) < 4.78 is 15.9. The molecule has 4 rings (SSSR count). The molecule has 0 saturated carbocycles. The first-order valence-electron chi connectivity index (χ1n) is 11.0. The van der Waals surface area contributed by atoms with Gasteiger partial charge in [-0.05, 0) is 43.7 Å². The van der Waals surface area contributed by atoms with Gasteiger partial charge < -0.3 is 18.9 Å². The van der Waals surface area contributed by atoms with Crippen molar-refractivity contribution in [1.82, 2.24) is 5.16 Å². The van der Waals surface area contributed by atoms with Gasteiger partial charge in [-0.3, -0.25) is 14.9 Å². The molecule has 35 heavy (non-hydrogen) atoms. The predicted octanol–water partition coefficient (Wildman–Crippen LogP) is 4.48. The van der Waals surface area contributed by atoms with Crippen molar-refractivity contribution in [1.29, 1.82) is 0 Å². The standard InChI is InChI=1S/C25H24ClN3O6/c1-4-34-25(32)21-22(15-6-8-17(26)9-7-15)28-35-24(21)27-23(31)16-12-20(30)29(13-16)18-11-14(2)5-10-19(18)33-3/h5-11,16H,4,12-13H2,1-3H3,(H,27,31). The lowest BCUT2D eigenvalue weighted by Crippen LogP contribution is -2.28. The number of halogens is 1. The topological polar surface area (TPSA) is 111 Å². The molecule has 2 amide bonds. The van der Waals surface area contributed by atoms with Gasteiger partial charge in [0.25, 0.3) is 0 Å². The van der Waals surface area contributed by atoms with Crippen molar-refractivity contribution in [3.63, 3.8) is 0 Å². The Kier molecular flexibility index (Phi) is 7.07. The highest BCUT2D eigenvalue weighted by Crippen LogP contribution is 2.35. The van der Waals surface area contributed by atoms with E-state index in [9.17, 15) is 14.4 Å². The Labute approximate surface area is 206 Å². The lowest BCUT2D eigenvalue weighted by atomic mass is 10.1. The molecule has 1 aromatic heterocycles. The molecule has 0 radical (unpaired) electrons. The Hall–Kier alpha value is -3.85. The zero-order chi connectivity index (χ0) is 25.1. The van der Waals surface area contributed by atoms with Crippen LogP contribution in [0.1, 0.15) is 29.3 Å². The van der Waals surface area contributed by atoms with Gasteiger partial charge in [0.05, 0.1) is 25.3 Å². The molecule has 2 aromatic carbocycles. The maximum atomic E-state index is 13.1. The van der Waals surface area contributed by atoms with Crippen molar-refractivity contribution in [2.75, 3.05) is 30.5 Å². The highest BCUT2D eigenvalue weighted by atomic mass is 35.5. The molecule has 1 aliphatic heterocycles. The molecule has 10 heteroatoms. The third-order valence-electron chi connectivity index (χ3n) is 5.65. The third-order valence-corrected chi connectivity index (χ3v) is 5.90. The molecular weight excluding hydrogens is 474 g/mol. The van der Waals surface area contributed by atoms with Gasteiger partial charge >= 0.3 is 5.97 Å². The summed E-state index contributed by atoms with van der Waals surface area (Å²) in [4.78, 5) is 40.1. The number of carbonyl (C=O) groups excluding carboxylic acids is 3. The summed E-state index contributed by atoms with van der Waals surface area (Å²) in [5.74, 6) is -1.65. The van der Waals surface area contributed by atoms with Crippen LogP contribution in [0.4, 0.5) is 11.6 Å². The van der Waals surface area contributed by atoms with E-state index in [0.29, 0.717) is 22.0 Å². The summed E-state index contributed by atoms with van der Waals surface area (Å²) in [5.41, 5.74) is 2.32. The summed E-state index contributed by atoms with van der Waals surface area (Å²) >= 11 is 5.96. The van der Waals surface area contributed by atoms with Gasteiger partial charge in [-0.2, -0.15) is 0 Å². The minimum atomic E-state index is -0.692. The molecule has 182 valence electrons. The lowest BCUT2D eigenvalue weighted by Gasteiger charge is -2.20. The number of methoxy groups -OCH3 is 1. The molecule has 9 nitrogen and oxygen atoms in total. The van der Waals surface area contributed by atoms with E-state index in [4.69, 9.17) is 25.6 Å². The molecule has 1 atom stereocenters. The maximum Gasteiger partial charge on any atom is 0.346 e. The fourth-order valence-corrected chi connectivity index (χ4v) is 4.04. The molecule has 0 aliphatic carbocycles. The summed E-state index contributed by atoms with van der Waals surface area (Å²) in [6, 6.07) is 12.2. The van der Waals surface area contributed by atoms with Gasteiger partial charge in [-0.1, -0.05) is 35.0 Å². The molecule has 0 bridgehead atoms. The van der Waals surface area contributed by atoms with E-state index in [0.717, 1.165) is 5.56 Å². The lowest BCUT2D eigenvalue weighted by molar-refractivity contribution is -0.122. The molecule has 1 N–H and O–H groups in total. The van der Waals surface area contributed by atoms with E-state index < -0.39 is 17.8 Å². The highest BCUT2D eigenvalue weighted by Gasteiger charge is 2.38. The number of hydrogen-bond donors (Lipinski definition) is 1. The van der Waals surface area contributed by atoms with Crippen molar-refractivity contribution in [3.05, 3.63) is 58.6 Å². The van der Waals surface area contributed by atoms with Crippen LogP contribution < -0.4 is 15.0 Å². The normalized spacial score (nSPS) is 15.3. The average molecular weight is 498 g/mol. The van der Waals surface area contributed by atoms with E-state index in [2.05, 4.69) is 10.5 Å². The first-order valence-corrected chi connectivity index (χ1v) is 11.4. The number of aromatic nitrogens is 1. The second-order valence-electron chi connectivity index (χ2n) is 8.03. The molecule has 1 fully saturated rings. The van der Waals surface area contributed by atoms with Gasteiger partial charge in [0.1, 0.15) is 11.4 Å². The fraction of sp³-hybridized carbons (Fsp3) is 0.280. The third kappa shape index (κ3) is 5.00. The maximum absolute atomic E-state index is 13.1. The van der Waals surface area contributed by atoms with Crippen LogP contribution in [0.15, 0.2) is 47.0 Å². The van der Waals surface area contributed by atoms with E-state index in [1.807, 2.05) is 19.1 Å². The number of ether oxygens (including phenoxy) is 2. The second-order valence-corrected chi connectivity index (χ2v) is 8.47. The average Bonchev–Trinajstić information content (AvgIpc) is 3.43. The number of carbonyl (C=O) groups is 3. The largest absolute Gasteiger partial charge is 0.495 e. The number of nitrogens with one attached hydrogen (secondary N) is 1. The molecule has 1 saturated heterocycles. The molecule has 1 unspecified atom stereocenters. The fourth-order valence-electron chi connectivity index (χ4n) is 3.91. The number of nitrogens with zero attached hydrogens (tertiary/aromatic N) is 2. The first-order chi connectivity index (χ1) is 16.8. The first kappa shape index (κ1) is 24.3. The number of aryl methyl sites for hydroxylation is 1. The Bertz CT molecular complexity index is 1270. The van der Waals surface area contributed by atoms with Crippen molar-refractivity contribution in [3.8, 4) is 17.0 Å². The summed E-state index contributed by atoms with van der Waals surface area (Å²) in [5, 5.41) is 7.12. The molecule has 0 spiro atoms. The van der Waals surface area contributed by atoms with E-state index >= 15 is 0 Å². The van der Waals surface area contributed by atoms with Crippen molar-refractivity contribution < 1.29 is 28.4 Å². The van der Waals surface area contributed by atoms with E-state index in [-0.39, 0.29) is 42.6 Å². The number of esters is 1. The van der Waals surface area contributed by atoms with Crippen LogP contribution in [0, 0.1) is 12.8 Å². The number of amides is 2. The number of benzene rings is 2. The van der Waals surface area contributed by atoms with E-state index in [1.54, 1.807) is 37.3 Å². The number of rotatable bonds is 7. The summed E-state index contributed by atoms with van der Waals surface area (Å²) in [6.45, 7) is 3.86. The van der Waals surface area contributed by atoms with Crippen LogP contribution in [0.5, 0.6) is 5.75 Å². The summed E-state index contributed by atoms with van der Waals surface area (Å²) in [6.07, 6.45) is -0.00412. The molecule has 3 aromatic rings.